The molecule has 2 aromatic carbocycles. The van der Waals surface area contributed by atoms with Gasteiger partial charge < -0.3 is 9.15 Å². The minimum absolute atomic E-state index is 0.139. The second-order valence-corrected chi connectivity index (χ2v) is 10.1. The van der Waals surface area contributed by atoms with Gasteiger partial charge in [0.15, 0.2) is 0 Å². The summed E-state index contributed by atoms with van der Waals surface area (Å²) in [7, 11) is 0. The molecular formula is C28H25N3O3S2. The number of nitrogens with zero attached hydrogens (tertiary/aromatic N) is 3. The Morgan fingerprint density at radius 2 is 1.97 bits per heavy atom. The zero-order valence-corrected chi connectivity index (χ0v) is 21.6. The van der Waals surface area contributed by atoms with Crippen molar-refractivity contribution in [2.75, 3.05) is 6.61 Å². The third-order valence-electron chi connectivity index (χ3n) is 5.74. The fourth-order valence-corrected chi connectivity index (χ4v) is 5.21. The molecule has 4 aromatic rings. The zero-order valence-electron chi connectivity index (χ0n) is 20.0. The van der Waals surface area contributed by atoms with Gasteiger partial charge in [0.2, 0.25) is 0 Å². The Kier molecular flexibility index (Phi) is 7.06. The molecule has 0 N–H and O–H groups in total. The van der Waals surface area contributed by atoms with Crippen LogP contribution >= 0.6 is 24.0 Å². The molecule has 0 radical (unpaired) electrons. The zero-order chi connectivity index (χ0) is 25.1. The molecule has 0 saturated carbocycles. The van der Waals surface area contributed by atoms with Crippen molar-refractivity contribution < 1.29 is 13.9 Å². The van der Waals surface area contributed by atoms with E-state index in [0.717, 1.165) is 40.2 Å². The Morgan fingerprint density at radius 1 is 1.14 bits per heavy atom. The fourth-order valence-electron chi connectivity index (χ4n) is 3.96. The molecule has 8 heteroatoms. The highest BCUT2D eigenvalue weighted by Crippen LogP contribution is 2.36. The van der Waals surface area contributed by atoms with Gasteiger partial charge in [0.1, 0.15) is 21.5 Å². The van der Waals surface area contributed by atoms with Gasteiger partial charge in [0.25, 0.3) is 5.91 Å². The molecule has 182 valence electrons. The van der Waals surface area contributed by atoms with Crippen molar-refractivity contribution in [3.8, 4) is 22.7 Å². The van der Waals surface area contributed by atoms with E-state index in [4.69, 9.17) is 26.5 Å². The van der Waals surface area contributed by atoms with Crippen molar-refractivity contribution in [1.29, 1.82) is 0 Å². The summed E-state index contributed by atoms with van der Waals surface area (Å²) in [6, 6.07) is 19.6. The monoisotopic (exact) mass is 515 g/mol. The molecule has 6 nitrogen and oxygen atoms in total. The van der Waals surface area contributed by atoms with Gasteiger partial charge in [-0.1, -0.05) is 49.1 Å². The maximum absolute atomic E-state index is 13.2. The van der Waals surface area contributed by atoms with Gasteiger partial charge in [-0.2, -0.15) is 5.10 Å². The van der Waals surface area contributed by atoms with Crippen molar-refractivity contribution in [2.24, 2.45) is 0 Å². The second-order valence-electron chi connectivity index (χ2n) is 8.39. The number of aromatic nitrogens is 2. The quantitative estimate of drug-likeness (QED) is 0.194. The Hall–Kier alpha value is -3.62. The van der Waals surface area contributed by atoms with Crippen LogP contribution in [0.5, 0.6) is 5.75 Å². The highest BCUT2D eigenvalue weighted by Gasteiger charge is 2.33. The summed E-state index contributed by atoms with van der Waals surface area (Å²) in [6.07, 6.45) is 6.37. The number of benzene rings is 2. The maximum atomic E-state index is 13.2. The molecular weight excluding hydrogens is 490 g/mol. The predicted molar refractivity (Wildman–Crippen MR) is 147 cm³/mol. The van der Waals surface area contributed by atoms with Gasteiger partial charge in [-0.15, -0.1) is 0 Å². The number of thioether (sulfide) groups is 1. The van der Waals surface area contributed by atoms with Crippen molar-refractivity contribution in [1.82, 2.24) is 14.7 Å². The number of thiocarbonyl (C=S) groups is 1. The molecule has 1 aliphatic heterocycles. The standard InChI is InChI=1S/C28H25N3O3S2/c1-3-13-33-22-11-12-24(19(2)15-22)26-20(17-31(29-26)21-8-5-4-6-9-21)16-25-27(32)30(28(35)36-25)18-23-10-7-14-34-23/h4-12,14-17H,3,13,18H2,1-2H3/b25-16+. The normalized spacial score (nSPS) is 14.7. The van der Waals surface area contributed by atoms with E-state index in [9.17, 15) is 4.79 Å². The maximum Gasteiger partial charge on any atom is 0.266 e. The average molecular weight is 516 g/mol. The van der Waals surface area contributed by atoms with Gasteiger partial charge in [0.05, 0.1) is 30.0 Å². The van der Waals surface area contributed by atoms with Gasteiger partial charge >= 0.3 is 0 Å². The van der Waals surface area contributed by atoms with E-state index in [2.05, 4.69) is 6.92 Å². The number of hydrogen-bond acceptors (Lipinski definition) is 6. The van der Waals surface area contributed by atoms with Gasteiger partial charge in [-0.05, 0) is 67.4 Å². The fraction of sp³-hybridized carbons (Fsp3) is 0.179. The van der Waals surface area contributed by atoms with E-state index in [1.165, 1.54) is 11.8 Å². The summed E-state index contributed by atoms with van der Waals surface area (Å²) in [4.78, 5) is 15.4. The topological polar surface area (TPSA) is 60.5 Å². The third-order valence-corrected chi connectivity index (χ3v) is 7.12. The number of amides is 1. The van der Waals surface area contributed by atoms with Crippen molar-refractivity contribution >= 4 is 40.3 Å². The molecule has 0 aliphatic carbocycles. The largest absolute Gasteiger partial charge is 0.494 e. The van der Waals surface area contributed by atoms with E-state index >= 15 is 0 Å². The second kappa shape index (κ2) is 10.6. The predicted octanol–water partition coefficient (Wildman–Crippen LogP) is 6.63. The minimum Gasteiger partial charge on any atom is -0.494 e. The molecule has 1 amide bonds. The highest BCUT2D eigenvalue weighted by molar-refractivity contribution is 8.26. The van der Waals surface area contributed by atoms with E-state index in [-0.39, 0.29) is 5.91 Å². The molecule has 1 saturated heterocycles. The Balaban J connectivity index is 1.53. The first-order chi connectivity index (χ1) is 17.5. The SMILES string of the molecule is CCCOc1ccc(-c2nn(-c3ccccc3)cc2/C=C2/SC(=S)N(Cc3ccco3)C2=O)c(C)c1. The molecule has 0 spiro atoms. The number of ether oxygens (including phenoxy) is 1. The molecule has 0 unspecified atom stereocenters. The third kappa shape index (κ3) is 5.01. The molecule has 5 rings (SSSR count). The first kappa shape index (κ1) is 24.1. The average Bonchev–Trinajstić information content (AvgIpc) is 3.61. The highest BCUT2D eigenvalue weighted by atomic mass is 32.2. The van der Waals surface area contributed by atoms with E-state index in [1.54, 1.807) is 17.2 Å². The van der Waals surface area contributed by atoms with Crippen LogP contribution < -0.4 is 4.74 Å². The van der Waals surface area contributed by atoms with Crippen LogP contribution in [0.1, 0.15) is 30.2 Å². The molecule has 0 atom stereocenters. The Labute approximate surface area is 219 Å². The van der Waals surface area contributed by atoms with Crippen LogP contribution in [0, 0.1) is 6.92 Å². The van der Waals surface area contributed by atoms with Gasteiger partial charge in [-0.25, -0.2) is 4.68 Å². The van der Waals surface area contributed by atoms with Gasteiger partial charge in [0, 0.05) is 17.3 Å². The first-order valence-corrected chi connectivity index (χ1v) is 12.9. The summed E-state index contributed by atoms with van der Waals surface area (Å²) < 4.78 is 13.6. The molecule has 0 bridgehead atoms. The number of carbonyl (C=O) groups is 1. The lowest BCUT2D eigenvalue weighted by atomic mass is 10.0. The summed E-state index contributed by atoms with van der Waals surface area (Å²) in [5.41, 5.74) is 4.58. The number of hydrogen-bond donors (Lipinski definition) is 0. The first-order valence-electron chi connectivity index (χ1n) is 11.7. The van der Waals surface area contributed by atoms with E-state index < -0.39 is 0 Å². The van der Waals surface area contributed by atoms with Crippen LogP contribution in [0.3, 0.4) is 0 Å². The lowest BCUT2D eigenvalue weighted by molar-refractivity contribution is -0.122. The lowest BCUT2D eigenvalue weighted by Crippen LogP contribution is -2.27. The molecule has 2 aromatic heterocycles. The summed E-state index contributed by atoms with van der Waals surface area (Å²) in [5.74, 6) is 1.38. The van der Waals surface area contributed by atoms with Crippen LogP contribution in [0.25, 0.3) is 23.0 Å². The van der Waals surface area contributed by atoms with Crippen LogP contribution in [0.4, 0.5) is 0 Å². The van der Waals surface area contributed by atoms with Crippen LogP contribution in [0.2, 0.25) is 0 Å². The minimum atomic E-state index is -0.139. The van der Waals surface area contributed by atoms with E-state index in [0.29, 0.717) is 28.1 Å². The molecule has 1 aliphatic rings. The van der Waals surface area contributed by atoms with E-state index in [1.807, 2.05) is 78.5 Å². The molecule has 3 heterocycles. The van der Waals surface area contributed by atoms with Gasteiger partial charge in [-0.3, -0.25) is 9.69 Å². The number of furan rings is 1. The van der Waals surface area contributed by atoms with Crippen molar-refractivity contribution in [3.63, 3.8) is 0 Å². The lowest BCUT2D eigenvalue weighted by Gasteiger charge is -2.12. The van der Waals surface area contributed by atoms with Crippen LogP contribution in [-0.4, -0.2) is 31.5 Å². The number of aryl methyl sites for hydroxylation is 1. The molecule has 36 heavy (non-hydrogen) atoms. The van der Waals surface area contributed by atoms with Crippen molar-refractivity contribution in [3.05, 3.63) is 94.9 Å². The Morgan fingerprint density at radius 3 is 2.69 bits per heavy atom. The summed E-state index contributed by atoms with van der Waals surface area (Å²) >= 11 is 6.81. The summed E-state index contributed by atoms with van der Waals surface area (Å²) in [5, 5.41) is 4.92. The Bertz CT molecular complexity index is 1430. The van der Waals surface area contributed by atoms with Crippen LogP contribution in [-0.2, 0) is 11.3 Å². The smallest absolute Gasteiger partial charge is 0.266 e. The van der Waals surface area contributed by atoms with Crippen LogP contribution in [0.15, 0.2) is 82.4 Å². The van der Waals surface area contributed by atoms with Crippen molar-refractivity contribution in [2.45, 2.75) is 26.8 Å². The number of rotatable bonds is 8. The molecule has 1 fully saturated rings. The number of para-hydroxylation sites is 1. The summed E-state index contributed by atoms with van der Waals surface area (Å²) in [6.45, 7) is 5.11. The number of carbonyl (C=O) groups excluding carboxylic acids is 1.